The van der Waals surface area contributed by atoms with Crippen LogP contribution in [-0.2, 0) is 13.2 Å². The number of aliphatic hydroxyl groups excluding tert-OH is 2. The van der Waals surface area contributed by atoms with Crippen molar-refractivity contribution in [3.05, 3.63) is 28.5 Å². The molecule has 0 unspecified atom stereocenters. The smallest absolute Gasteiger partial charge is 0.0868 e. The number of aliphatic hydroxyl groups is 2. The fourth-order valence-electron chi connectivity index (χ4n) is 1.21. The van der Waals surface area contributed by atoms with Crippen LogP contribution in [0.4, 0.5) is 0 Å². The lowest BCUT2D eigenvalue weighted by Gasteiger charge is -2.07. The van der Waals surface area contributed by atoms with Crippen LogP contribution in [0.5, 0.6) is 0 Å². The third-order valence-corrected chi connectivity index (χ3v) is 2.48. The van der Waals surface area contributed by atoms with Gasteiger partial charge >= 0.3 is 0 Å². The summed E-state index contributed by atoms with van der Waals surface area (Å²) in [7, 11) is 0. The van der Waals surface area contributed by atoms with Gasteiger partial charge in [0.25, 0.3) is 0 Å². The third kappa shape index (κ3) is 3.76. The van der Waals surface area contributed by atoms with Gasteiger partial charge in [-0.05, 0) is 24.6 Å². The zero-order valence-electron chi connectivity index (χ0n) is 8.41. The molecule has 0 fully saturated rings. The van der Waals surface area contributed by atoms with Gasteiger partial charge in [-0.25, -0.2) is 0 Å². The van der Waals surface area contributed by atoms with Gasteiger partial charge in [0.2, 0.25) is 0 Å². The quantitative estimate of drug-likeness (QED) is 0.630. The third-order valence-electron chi connectivity index (χ3n) is 2.02. The summed E-state index contributed by atoms with van der Waals surface area (Å²) < 4.78 is 0. The van der Waals surface area contributed by atoms with Crippen LogP contribution in [0, 0.1) is 0 Å². The number of hydrogen-bond acceptors (Lipinski definition) is 4. The standard InChI is InChI=1S/C10H15ClN2O2/c11-10-8(6-12-3-1-5-14)2-4-13-9(10)7-15/h2,4,12,14-15H,1,3,5-7H2. The van der Waals surface area contributed by atoms with E-state index in [0.717, 1.165) is 18.5 Å². The molecule has 84 valence electrons. The Kier molecular flexibility index (Phi) is 5.57. The molecule has 0 aliphatic carbocycles. The number of nitrogens with zero attached hydrogens (tertiary/aromatic N) is 1. The second kappa shape index (κ2) is 6.74. The fourth-order valence-corrected chi connectivity index (χ4v) is 1.44. The Morgan fingerprint density at radius 1 is 1.40 bits per heavy atom. The van der Waals surface area contributed by atoms with Crippen molar-refractivity contribution < 1.29 is 10.2 Å². The number of pyridine rings is 1. The van der Waals surface area contributed by atoms with Gasteiger partial charge in [0.05, 0.1) is 17.3 Å². The molecule has 3 N–H and O–H groups in total. The van der Waals surface area contributed by atoms with Crippen molar-refractivity contribution in [2.45, 2.75) is 19.6 Å². The van der Waals surface area contributed by atoms with Gasteiger partial charge in [0.1, 0.15) is 0 Å². The minimum atomic E-state index is -0.149. The predicted molar refractivity (Wildman–Crippen MR) is 58.6 cm³/mol. The molecule has 0 atom stereocenters. The van der Waals surface area contributed by atoms with E-state index in [1.807, 2.05) is 6.07 Å². The largest absolute Gasteiger partial charge is 0.396 e. The van der Waals surface area contributed by atoms with Crippen molar-refractivity contribution in [2.24, 2.45) is 0 Å². The van der Waals surface area contributed by atoms with Crippen molar-refractivity contribution in [3.63, 3.8) is 0 Å². The lowest BCUT2D eigenvalue weighted by Crippen LogP contribution is -2.16. The van der Waals surface area contributed by atoms with Crippen LogP contribution in [0.15, 0.2) is 12.3 Å². The van der Waals surface area contributed by atoms with Crippen molar-refractivity contribution in [1.82, 2.24) is 10.3 Å². The monoisotopic (exact) mass is 230 g/mol. The molecule has 1 rings (SSSR count). The van der Waals surface area contributed by atoms with Crippen LogP contribution >= 0.6 is 11.6 Å². The molecule has 15 heavy (non-hydrogen) atoms. The normalized spacial score (nSPS) is 10.6. The first-order valence-electron chi connectivity index (χ1n) is 4.84. The van der Waals surface area contributed by atoms with Crippen molar-refractivity contribution in [3.8, 4) is 0 Å². The Morgan fingerprint density at radius 3 is 2.87 bits per heavy atom. The Balaban J connectivity index is 2.53. The molecule has 0 amide bonds. The second-order valence-corrected chi connectivity index (χ2v) is 3.52. The van der Waals surface area contributed by atoms with Crippen LogP contribution in [0.25, 0.3) is 0 Å². The number of nitrogens with one attached hydrogen (secondary N) is 1. The maximum atomic E-state index is 8.95. The fraction of sp³-hybridized carbons (Fsp3) is 0.500. The molecule has 4 nitrogen and oxygen atoms in total. The van der Waals surface area contributed by atoms with E-state index in [0.29, 0.717) is 17.3 Å². The van der Waals surface area contributed by atoms with Crippen LogP contribution < -0.4 is 5.32 Å². The van der Waals surface area contributed by atoms with E-state index < -0.39 is 0 Å². The van der Waals surface area contributed by atoms with Gasteiger partial charge in [0, 0.05) is 19.3 Å². The zero-order chi connectivity index (χ0) is 11.1. The molecule has 0 aromatic carbocycles. The summed E-state index contributed by atoms with van der Waals surface area (Å²) in [6.45, 7) is 1.39. The van der Waals surface area contributed by atoms with Gasteiger partial charge < -0.3 is 15.5 Å². The summed E-state index contributed by atoms with van der Waals surface area (Å²) in [5.41, 5.74) is 1.41. The summed E-state index contributed by atoms with van der Waals surface area (Å²) in [6.07, 6.45) is 2.34. The topological polar surface area (TPSA) is 65.4 Å². The first-order chi connectivity index (χ1) is 7.29. The summed E-state index contributed by atoms with van der Waals surface area (Å²) in [4.78, 5) is 3.95. The number of aromatic nitrogens is 1. The van der Waals surface area contributed by atoms with Gasteiger partial charge in [-0.2, -0.15) is 0 Å². The van der Waals surface area contributed by atoms with Crippen LogP contribution in [-0.4, -0.2) is 28.3 Å². The van der Waals surface area contributed by atoms with Gasteiger partial charge in [-0.15, -0.1) is 0 Å². The molecular weight excluding hydrogens is 216 g/mol. The molecule has 0 radical (unpaired) electrons. The van der Waals surface area contributed by atoms with Crippen LogP contribution in [0.1, 0.15) is 17.7 Å². The van der Waals surface area contributed by atoms with E-state index >= 15 is 0 Å². The predicted octanol–water partition coefficient (Wildman–Crippen LogP) is 0.699. The van der Waals surface area contributed by atoms with Gasteiger partial charge in [-0.3, -0.25) is 4.98 Å². The van der Waals surface area contributed by atoms with E-state index in [1.165, 1.54) is 0 Å². The molecule has 0 saturated carbocycles. The van der Waals surface area contributed by atoms with E-state index in [-0.39, 0.29) is 13.2 Å². The number of halogens is 1. The van der Waals surface area contributed by atoms with E-state index in [4.69, 9.17) is 21.8 Å². The second-order valence-electron chi connectivity index (χ2n) is 3.14. The Labute approximate surface area is 93.9 Å². The van der Waals surface area contributed by atoms with Crippen LogP contribution in [0.3, 0.4) is 0 Å². The summed E-state index contributed by atoms with van der Waals surface area (Å²) >= 11 is 6.01. The lowest BCUT2D eigenvalue weighted by molar-refractivity contribution is 0.276. The summed E-state index contributed by atoms with van der Waals surface area (Å²) in [5.74, 6) is 0. The molecule has 0 bridgehead atoms. The number of hydrogen-bond donors (Lipinski definition) is 3. The van der Waals surface area contributed by atoms with Gasteiger partial charge in [0.15, 0.2) is 0 Å². The minimum Gasteiger partial charge on any atom is -0.396 e. The SMILES string of the molecule is OCCCNCc1ccnc(CO)c1Cl. The van der Waals surface area contributed by atoms with E-state index in [9.17, 15) is 0 Å². The van der Waals surface area contributed by atoms with Crippen molar-refractivity contribution in [2.75, 3.05) is 13.2 Å². The summed E-state index contributed by atoms with van der Waals surface area (Å²) in [6, 6.07) is 1.81. The Bertz CT molecular complexity index is 307. The van der Waals surface area contributed by atoms with Crippen LogP contribution in [0.2, 0.25) is 5.02 Å². The lowest BCUT2D eigenvalue weighted by atomic mass is 10.2. The zero-order valence-corrected chi connectivity index (χ0v) is 9.17. The molecular formula is C10H15ClN2O2. The molecule has 0 spiro atoms. The molecule has 1 heterocycles. The minimum absolute atomic E-state index is 0.149. The Morgan fingerprint density at radius 2 is 2.20 bits per heavy atom. The maximum absolute atomic E-state index is 8.95. The summed E-state index contributed by atoms with van der Waals surface area (Å²) in [5, 5.41) is 21.2. The molecule has 0 aliphatic rings. The average Bonchev–Trinajstić information content (AvgIpc) is 2.26. The number of rotatable bonds is 6. The van der Waals surface area contributed by atoms with Gasteiger partial charge in [-0.1, -0.05) is 11.6 Å². The average molecular weight is 231 g/mol. The Hall–Kier alpha value is -0.680. The van der Waals surface area contributed by atoms with Crippen molar-refractivity contribution >= 4 is 11.6 Å². The van der Waals surface area contributed by atoms with E-state index in [2.05, 4.69) is 10.3 Å². The van der Waals surface area contributed by atoms with Crippen molar-refractivity contribution in [1.29, 1.82) is 0 Å². The highest BCUT2D eigenvalue weighted by molar-refractivity contribution is 6.31. The highest BCUT2D eigenvalue weighted by Crippen LogP contribution is 2.18. The van der Waals surface area contributed by atoms with E-state index in [1.54, 1.807) is 6.20 Å². The molecule has 1 aromatic heterocycles. The first kappa shape index (κ1) is 12.4. The first-order valence-corrected chi connectivity index (χ1v) is 5.22. The highest BCUT2D eigenvalue weighted by Gasteiger charge is 2.05. The molecule has 5 heteroatoms. The molecule has 0 saturated heterocycles. The highest BCUT2D eigenvalue weighted by atomic mass is 35.5. The molecule has 0 aliphatic heterocycles. The molecule has 1 aromatic rings. The maximum Gasteiger partial charge on any atom is 0.0868 e.